The zero-order chi connectivity index (χ0) is 21.8. The van der Waals surface area contributed by atoms with Crippen molar-refractivity contribution in [2.45, 2.75) is 43.7 Å². The Hall–Kier alpha value is -2.47. The summed E-state index contributed by atoms with van der Waals surface area (Å²) in [6, 6.07) is 10.7. The average Bonchev–Trinajstić information content (AvgIpc) is 2.73. The lowest BCUT2D eigenvalue weighted by Gasteiger charge is -2.36. The molecule has 1 saturated carbocycles. The van der Waals surface area contributed by atoms with Gasteiger partial charge >= 0.3 is 6.18 Å². The fourth-order valence-electron chi connectivity index (χ4n) is 3.93. The molecular weight excluding hydrogens is 415 g/mol. The Labute approximate surface area is 178 Å². The van der Waals surface area contributed by atoms with Crippen molar-refractivity contribution in [1.82, 2.24) is 0 Å². The summed E-state index contributed by atoms with van der Waals surface area (Å²) in [4.78, 5) is 13.3. The zero-order valence-corrected chi connectivity index (χ0v) is 17.2. The van der Waals surface area contributed by atoms with E-state index in [1.165, 1.54) is 18.2 Å². The number of halogens is 4. The first-order valence-electron chi connectivity index (χ1n) is 9.79. The fourth-order valence-corrected chi connectivity index (χ4v) is 4.05. The van der Waals surface area contributed by atoms with E-state index in [-0.39, 0.29) is 24.0 Å². The lowest BCUT2D eigenvalue weighted by Crippen LogP contribution is -2.42. The van der Waals surface area contributed by atoms with E-state index in [1.54, 1.807) is 12.1 Å². The second-order valence-corrected chi connectivity index (χ2v) is 7.85. The molecule has 0 bridgehead atoms. The molecule has 1 fully saturated rings. The highest BCUT2D eigenvalue weighted by Crippen LogP contribution is 2.42. The lowest BCUT2D eigenvalue weighted by atomic mass is 9.68. The fraction of sp³-hybridized carbons (Fsp3) is 0.348. The van der Waals surface area contributed by atoms with Crippen LogP contribution in [0.3, 0.4) is 0 Å². The van der Waals surface area contributed by atoms with Crippen LogP contribution in [0.25, 0.3) is 0 Å². The van der Waals surface area contributed by atoms with Crippen LogP contribution in [0.1, 0.15) is 43.2 Å². The van der Waals surface area contributed by atoms with Gasteiger partial charge in [-0.3, -0.25) is 4.79 Å². The Morgan fingerprint density at radius 2 is 1.80 bits per heavy atom. The SMILES string of the molecule is C=CCOc1ccc(NC(=O)C2(c3ccc(Cl)cc3)CCCCC2)cc1C(F)(F)F. The molecule has 2 aromatic rings. The first kappa shape index (κ1) is 22.2. The minimum absolute atomic E-state index is 0.0472. The molecule has 1 aliphatic rings. The number of hydrogen-bond donors (Lipinski definition) is 1. The third kappa shape index (κ3) is 4.81. The van der Waals surface area contributed by atoms with Crippen molar-refractivity contribution in [3.8, 4) is 5.75 Å². The van der Waals surface area contributed by atoms with Crippen molar-refractivity contribution in [1.29, 1.82) is 0 Å². The summed E-state index contributed by atoms with van der Waals surface area (Å²) in [7, 11) is 0. The molecule has 3 nitrogen and oxygen atoms in total. The topological polar surface area (TPSA) is 38.3 Å². The number of amides is 1. The summed E-state index contributed by atoms with van der Waals surface area (Å²) in [5, 5.41) is 3.28. The molecule has 0 saturated heterocycles. The maximum absolute atomic E-state index is 13.5. The van der Waals surface area contributed by atoms with Crippen LogP contribution in [0.5, 0.6) is 5.75 Å². The van der Waals surface area contributed by atoms with E-state index in [4.69, 9.17) is 16.3 Å². The Balaban J connectivity index is 1.92. The smallest absolute Gasteiger partial charge is 0.420 e. The second-order valence-electron chi connectivity index (χ2n) is 7.41. The first-order chi connectivity index (χ1) is 14.3. The third-order valence-electron chi connectivity index (χ3n) is 5.44. The van der Waals surface area contributed by atoms with Crippen molar-refractivity contribution in [2.75, 3.05) is 11.9 Å². The van der Waals surface area contributed by atoms with Gasteiger partial charge in [0.1, 0.15) is 12.4 Å². The molecule has 1 amide bonds. The highest BCUT2D eigenvalue weighted by Gasteiger charge is 2.41. The standard InChI is InChI=1S/C23H23ClF3NO2/c1-2-14-30-20-11-10-18(15-19(20)23(25,26)27)28-21(29)22(12-4-3-5-13-22)16-6-8-17(24)9-7-16/h2,6-11,15H,1,3-5,12-14H2,(H,28,29). The van der Waals surface area contributed by atoms with E-state index in [0.717, 1.165) is 30.9 Å². The van der Waals surface area contributed by atoms with Gasteiger partial charge in [-0.1, -0.05) is 55.7 Å². The predicted molar refractivity (Wildman–Crippen MR) is 112 cm³/mol. The van der Waals surface area contributed by atoms with E-state index < -0.39 is 17.2 Å². The van der Waals surface area contributed by atoms with E-state index in [9.17, 15) is 18.0 Å². The van der Waals surface area contributed by atoms with E-state index in [2.05, 4.69) is 11.9 Å². The Morgan fingerprint density at radius 1 is 1.13 bits per heavy atom. The van der Waals surface area contributed by atoms with E-state index >= 15 is 0 Å². The highest BCUT2D eigenvalue weighted by molar-refractivity contribution is 6.30. The van der Waals surface area contributed by atoms with Gasteiger partial charge in [0.2, 0.25) is 5.91 Å². The summed E-state index contributed by atoms with van der Waals surface area (Å²) in [6.45, 7) is 3.40. The number of carbonyl (C=O) groups excluding carboxylic acids is 1. The Morgan fingerprint density at radius 3 is 2.40 bits per heavy atom. The van der Waals surface area contributed by atoms with Crippen LogP contribution in [-0.2, 0) is 16.4 Å². The van der Waals surface area contributed by atoms with Gasteiger partial charge in [0.05, 0.1) is 11.0 Å². The van der Waals surface area contributed by atoms with Crippen LogP contribution in [0.15, 0.2) is 55.1 Å². The van der Waals surface area contributed by atoms with Crippen LogP contribution in [0, 0.1) is 0 Å². The number of alkyl halides is 3. The summed E-state index contributed by atoms with van der Waals surface area (Å²) < 4.78 is 45.6. The maximum atomic E-state index is 13.5. The van der Waals surface area contributed by atoms with Crippen LogP contribution >= 0.6 is 11.6 Å². The minimum Gasteiger partial charge on any atom is -0.489 e. The minimum atomic E-state index is -4.62. The molecule has 0 aromatic heterocycles. The Kier molecular flexibility index (Phi) is 6.76. The van der Waals surface area contributed by atoms with E-state index in [0.29, 0.717) is 17.9 Å². The van der Waals surface area contributed by atoms with Gasteiger partial charge < -0.3 is 10.1 Å². The quantitative estimate of drug-likeness (QED) is 0.507. The molecule has 0 spiro atoms. The molecule has 0 unspecified atom stereocenters. The number of nitrogens with one attached hydrogen (secondary N) is 1. The van der Waals surface area contributed by atoms with Gasteiger partial charge in [-0.2, -0.15) is 13.2 Å². The lowest BCUT2D eigenvalue weighted by molar-refractivity contribution is -0.138. The molecule has 0 heterocycles. The van der Waals surface area contributed by atoms with Gasteiger partial charge in [0.25, 0.3) is 0 Å². The van der Waals surface area contributed by atoms with E-state index in [1.807, 2.05) is 12.1 Å². The summed E-state index contributed by atoms with van der Waals surface area (Å²) in [6.07, 6.45) is 0.789. The monoisotopic (exact) mass is 437 g/mol. The summed E-state index contributed by atoms with van der Waals surface area (Å²) in [5.41, 5.74) is -0.825. The Bertz CT molecular complexity index is 904. The number of carbonyl (C=O) groups is 1. The largest absolute Gasteiger partial charge is 0.489 e. The van der Waals surface area contributed by atoms with Crippen LogP contribution < -0.4 is 10.1 Å². The van der Waals surface area contributed by atoms with Gasteiger partial charge in [0, 0.05) is 10.7 Å². The van der Waals surface area contributed by atoms with Crippen molar-refractivity contribution in [2.24, 2.45) is 0 Å². The van der Waals surface area contributed by atoms with Gasteiger partial charge in [-0.15, -0.1) is 0 Å². The van der Waals surface area contributed by atoms with Crippen LogP contribution in [-0.4, -0.2) is 12.5 Å². The van der Waals surface area contributed by atoms with Gasteiger partial charge in [-0.05, 0) is 48.7 Å². The number of ether oxygens (including phenoxy) is 1. The van der Waals surface area contributed by atoms with Crippen molar-refractivity contribution >= 4 is 23.2 Å². The normalized spacial score (nSPS) is 16.0. The molecule has 0 atom stereocenters. The molecule has 30 heavy (non-hydrogen) atoms. The van der Waals surface area contributed by atoms with Crippen molar-refractivity contribution in [3.63, 3.8) is 0 Å². The number of hydrogen-bond acceptors (Lipinski definition) is 2. The third-order valence-corrected chi connectivity index (χ3v) is 5.69. The number of anilines is 1. The molecule has 2 aromatic carbocycles. The summed E-state index contributed by atoms with van der Waals surface area (Å²) >= 11 is 5.99. The second kappa shape index (κ2) is 9.13. The van der Waals surface area contributed by atoms with Crippen LogP contribution in [0.4, 0.5) is 18.9 Å². The van der Waals surface area contributed by atoms with Crippen molar-refractivity contribution < 1.29 is 22.7 Å². The summed E-state index contributed by atoms with van der Waals surface area (Å²) in [5.74, 6) is -0.608. The average molecular weight is 438 g/mol. The number of benzene rings is 2. The molecule has 0 radical (unpaired) electrons. The van der Waals surface area contributed by atoms with Crippen LogP contribution in [0.2, 0.25) is 5.02 Å². The van der Waals surface area contributed by atoms with Crippen molar-refractivity contribution in [3.05, 3.63) is 71.3 Å². The molecule has 0 aliphatic heterocycles. The number of rotatable bonds is 6. The van der Waals surface area contributed by atoms with Gasteiger partial charge in [-0.25, -0.2) is 0 Å². The molecule has 160 valence electrons. The molecule has 7 heteroatoms. The zero-order valence-electron chi connectivity index (χ0n) is 16.4. The first-order valence-corrected chi connectivity index (χ1v) is 10.2. The molecule has 1 aliphatic carbocycles. The maximum Gasteiger partial charge on any atom is 0.420 e. The molecular formula is C23H23ClF3NO2. The molecule has 3 rings (SSSR count). The predicted octanol–water partition coefficient (Wildman–Crippen LogP) is 6.76. The highest BCUT2D eigenvalue weighted by atomic mass is 35.5. The van der Waals surface area contributed by atoms with Gasteiger partial charge in [0.15, 0.2) is 0 Å². The molecule has 1 N–H and O–H groups in total.